The van der Waals surface area contributed by atoms with Gasteiger partial charge in [-0.15, -0.1) is 0 Å². The maximum atomic E-state index is 12.4. The molecule has 2 atom stereocenters. The van der Waals surface area contributed by atoms with Crippen LogP contribution >= 0.6 is 0 Å². The largest absolute Gasteiger partial charge is 0.381 e. The smallest absolute Gasteiger partial charge is 0.236 e. The van der Waals surface area contributed by atoms with E-state index in [9.17, 15) is 8.42 Å². The zero-order valence-electron chi connectivity index (χ0n) is 13.8. The molecule has 3 rings (SSSR count). The van der Waals surface area contributed by atoms with Crippen LogP contribution in [0.25, 0.3) is 0 Å². The zero-order valence-corrected chi connectivity index (χ0v) is 14.7. The predicted octanol–water partition coefficient (Wildman–Crippen LogP) is 0.870. The molecule has 1 N–H and O–H groups in total. The summed E-state index contributed by atoms with van der Waals surface area (Å²) in [6, 6.07) is 0. The first kappa shape index (κ1) is 17.4. The third-order valence-electron chi connectivity index (χ3n) is 4.49. The summed E-state index contributed by atoms with van der Waals surface area (Å²) in [7, 11) is -2.04. The first-order chi connectivity index (χ1) is 11.6. The lowest BCUT2D eigenvalue weighted by atomic mass is 10.0. The van der Waals surface area contributed by atoms with Crippen molar-refractivity contribution in [3.63, 3.8) is 0 Å². The van der Waals surface area contributed by atoms with Gasteiger partial charge in [0.2, 0.25) is 10.0 Å². The van der Waals surface area contributed by atoms with E-state index in [2.05, 4.69) is 19.6 Å². The minimum atomic E-state index is -3.58. The van der Waals surface area contributed by atoms with Crippen molar-refractivity contribution >= 4 is 21.7 Å². The van der Waals surface area contributed by atoms with Crippen molar-refractivity contribution < 1.29 is 17.9 Å². The molecule has 134 valence electrons. The lowest BCUT2D eigenvalue weighted by molar-refractivity contribution is 0.0612. The number of anilines is 2. The maximum Gasteiger partial charge on any atom is 0.236 e. The zero-order chi connectivity index (χ0) is 17.0. The van der Waals surface area contributed by atoms with Crippen LogP contribution in [0.5, 0.6) is 0 Å². The molecule has 2 aliphatic rings. The number of hydrogen-bond donors (Lipinski definition) is 1. The Morgan fingerprint density at radius 2 is 2.21 bits per heavy atom. The summed E-state index contributed by atoms with van der Waals surface area (Å²) < 4.78 is 38.1. The van der Waals surface area contributed by atoms with E-state index in [1.165, 1.54) is 13.3 Å². The molecule has 0 aliphatic carbocycles. The van der Waals surface area contributed by atoms with Crippen LogP contribution in [0.2, 0.25) is 0 Å². The summed E-state index contributed by atoms with van der Waals surface area (Å²) in [5, 5.41) is 0. The van der Waals surface area contributed by atoms with Crippen LogP contribution in [0.15, 0.2) is 12.4 Å². The standard InChI is InChI=1S/C15H24N4O4S/c1-22-13(12-4-7-23-10-12)11-24(20,21)18-14-8-16-9-15(17-14)19-5-2-3-6-19/h8-9,12-13H,2-7,10-11H2,1H3,(H,17,18). The number of hydrogen-bond acceptors (Lipinski definition) is 7. The van der Waals surface area contributed by atoms with Gasteiger partial charge in [-0.05, 0) is 19.3 Å². The van der Waals surface area contributed by atoms with E-state index < -0.39 is 10.0 Å². The van der Waals surface area contributed by atoms with E-state index in [0.717, 1.165) is 32.4 Å². The minimum absolute atomic E-state index is 0.105. The summed E-state index contributed by atoms with van der Waals surface area (Å²) in [4.78, 5) is 10.6. The van der Waals surface area contributed by atoms with Crippen LogP contribution in [0.3, 0.4) is 0 Å². The second kappa shape index (κ2) is 7.62. The average molecular weight is 356 g/mol. The SMILES string of the molecule is COC(CS(=O)(=O)Nc1cncc(N2CCCC2)n1)C1CCOC1. The van der Waals surface area contributed by atoms with Gasteiger partial charge in [0.15, 0.2) is 5.82 Å². The van der Waals surface area contributed by atoms with Crippen LogP contribution in [-0.4, -0.2) is 63.7 Å². The number of sulfonamides is 1. The topological polar surface area (TPSA) is 93.7 Å². The second-order valence-corrected chi connectivity index (χ2v) is 8.00. The van der Waals surface area contributed by atoms with Crippen LogP contribution in [0, 0.1) is 5.92 Å². The van der Waals surface area contributed by atoms with Crippen LogP contribution in [0.4, 0.5) is 11.6 Å². The van der Waals surface area contributed by atoms with Crippen molar-refractivity contribution in [1.29, 1.82) is 0 Å². The fraction of sp³-hybridized carbons (Fsp3) is 0.733. The van der Waals surface area contributed by atoms with Gasteiger partial charge in [0.25, 0.3) is 0 Å². The highest BCUT2D eigenvalue weighted by Crippen LogP contribution is 2.22. The molecule has 1 aromatic rings. The summed E-state index contributed by atoms with van der Waals surface area (Å²) in [6.45, 7) is 3.05. The molecular formula is C15H24N4O4S. The van der Waals surface area contributed by atoms with Crippen molar-refractivity contribution in [3.8, 4) is 0 Å². The fourth-order valence-corrected chi connectivity index (χ4v) is 4.50. The summed E-state index contributed by atoms with van der Waals surface area (Å²) in [5.41, 5.74) is 0. The van der Waals surface area contributed by atoms with Crippen LogP contribution < -0.4 is 9.62 Å². The van der Waals surface area contributed by atoms with Gasteiger partial charge in [0.1, 0.15) is 5.82 Å². The predicted molar refractivity (Wildman–Crippen MR) is 90.6 cm³/mol. The first-order valence-electron chi connectivity index (χ1n) is 8.25. The molecule has 2 saturated heterocycles. The van der Waals surface area contributed by atoms with Crippen LogP contribution in [-0.2, 0) is 19.5 Å². The molecule has 1 aromatic heterocycles. The lowest BCUT2D eigenvalue weighted by Gasteiger charge is -2.21. The van der Waals surface area contributed by atoms with E-state index in [4.69, 9.17) is 9.47 Å². The van der Waals surface area contributed by atoms with E-state index >= 15 is 0 Å². The van der Waals surface area contributed by atoms with Gasteiger partial charge >= 0.3 is 0 Å². The molecule has 24 heavy (non-hydrogen) atoms. The highest BCUT2D eigenvalue weighted by atomic mass is 32.2. The number of nitrogens with one attached hydrogen (secondary N) is 1. The van der Waals surface area contributed by atoms with Gasteiger partial charge in [-0.2, -0.15) is 0 Å². The molecule has 2 aliphatic heterocycles. The molecule has 0 amide bonds. The second-order valence-electron chi connectivity index (χ2n) is 6.24. The molecule has 0 spiro atoms. The highest BCUT2D eigenvalue weighted by Gasteiger charge is 2.30. The number of rotatable bonds is 7. The molecule has 2 unspecified atom stereocenters. The van der Waals surface area contributed by atoms with Crippen molar-refractivity contribution in [2.75, 3.05) is 48.8 Å². The lowest BCUT2D eigenvalue weighted by Crippen LogP contribution is -2.34. The minimum Gasteiger partial charge on any atom is -0.381 e. The molecule has 0 bridgehead atoms. The molecule has 3 heterocycles. The Labute approximate surface area is 142 Å². The molecule has 2 fully saturated rings. The Hall–Kier alpha value is -1.45. The Morgan fingerprint density at radius 1 is 1.42 bits per heavy atom. The van der Waals surface area contributed by atoms with Gasteiger partial charge in [-0.1, -0.05) is 0 Å². The highest BCUT2D eigenvalue weighted by molar-refractivity contribution is 7.92. The van der Waals surface area contributed by atoms with E-state index in [-0.39, 0.29) is 23.6 Å². The molecule has 8 nitrogen and oxygen atoms in total. The molecule has 0 aromatic carbocycles. The fourth-order valence-electron chi connectivity index (χ4n) is 3.16. The Balaban J connectivity index is 1.66. The van der Waals surface area contributed by atoms with Gasteiger partial charge in [0.05, 0.1) is 30.9 Å². The number of methoxy groups -OCH3 is 1. The van der Waals surface area contributed by atoms with Crippen LogP contribution in [0.1, 0.15) is 19.3 Å². The average Bonchev–Trinajstić information content (AvgIpc) is 3.25. The summed E-state index contributed by atoms with van der Waals surface area (Å²) >= 11 is 0. The number of aromatic nitrogens is 2. The van der Waals surface area contributed by atoms with E-state index in [1.807, 2.05) is 0 Å². The van der Waals surface area contributed by atoms with Crippen molar-refractivity contribution in [2.24, 2.45) is 5.92 Å². The quantitative estimate of drug-likeness (QED) is 0.775. The molecule has 0 saturated carbocycles. The number of nitrogens with zero attached hydrogens (tertiary/aromatic N) is 3. The van der Waals surface area contributed by atoms with Gasteiger partial charge in [0, 0.05) is 32.7 Å². The van der Waals surface area contributed by atoms with E-state index in [1.54, 1.807) is 6.20 Å². The maximum absolute atomic E-state index is 12.4. The molecular weight excluding hydrogens is 332 g/mol. The summed E-state index contributed by atoms with van der Waals surface area (Å²) in [5.74, 6) is 0.943. The Kier molecular flexibility index (Phi) is 5.52. The summed E-state index contributed by atoms with van der Waals surface area (Å²) in [6.07, 6.45) is 5.76. The Bertz CT molecular complexity index is 643. The Morgan fingerprint density at radius 3 is 2.88 bits per heavy atom. The van der Waals surface area contributed by atoms with Gasteiger partial charge in [-0.3, -0.25) is 9.71 Å². The normalized spacial score (nSPS) is 22.7. The monoisotopic (exact) mass is 356 g/mol. The van der Waals surface area contributed by atoms with Gasteiger partial charge in [-0.25, -0.2) is 13.4 Å². The van der Waals surface area contributed by atoms with Crippen molar-refractivity contribution in [1.82, 2.24) is 9.97 Å². The van der Waals surface area contributed by atoms with Crippen molar-refractivity contribution in [2.45, 2.75) is 25.4 Å². The van der Waals surface area contributed by atoms with E-state index in [0.29, 0.717) is 19.0 Å². The number of ether oxygens (including phenoxy) is 2. The molecule has 0 radical (unpaired) electrons. The van der Waals surface area contributed by atoms with Gasteiger partial charge < -0.3 is 14.4 Å². The third kappa shape index (κ3) is 4.34. The molecule has 9 heteroatoms. The van der Waals surface area contributed by atoms with Crippen molar-refractivity contribution in [3.05, 3.63) is 12.4 Å². The first-order valence-corrected chi connectivity index (χ1v) is 9.90. The third-order valence-corrected chi connectivity index (χ3v) is 5.78.